The van der Waals surface area contributed by atoms with Crippen LogP contribution in [0.2, 0.25) is 0 Å². The Morgan fingerprint density at radius 2 is 1.08 bits per heavy atom. The summed E-state index contributed by atoms with van der Waals surface area (Å²) < 4.78 is 0. The minimum absolute atomic E-state index is 0.376. The Balaban J connectivity index is 2.06. The molecule has 0 bridgehead atoms. The quantitative estimate of drug-likeness (QED) is 0.212. The van der Waals surface area contributed by atoms with Gasteiger partial charge >= 0.3 is 0 Å². The van der Waals surface area contributed by atoms with E-state index in [1.807, 2.05) is 44.2 Å². The van der Waals surface area contributed by atoms with Crippen molar-refractivity contribution in [2.75, 3.05) is 0 Å². The van der Waals surface area contributed by atoms with E-state index in [0.29, 0.717) is 11.8 Å². The number of aliphatic imine (C=N–C) groups is 2. The Morgan fingerprint density at radius 1 is 0.694 bits per heavy atom. The van der Waals surface area contributed by atoms with Crippen molar-refractivity contribution < 1.29 is 0 Å². The first-order valence-corrected chi connectivity index (χ1v) is 12.8. The van der Waals surface area contributed by atoms with E-state index in [1.54, 1.807) is 0 Å². The third-order valence-corrected chi connectivity index (χ3v) is 6.32. The summed E-state index contributed by atoms with van der Waals surface area (Å²) >= 11 is 0. The molecule has 0 amide bonds. The number of hydrogen-bond acceptors (Lipinski definition) is 3. The number of para-hydroxylation sites is 2. The van der Waals surface area contributed by atoms with Crippen molar-refractivity contribution in [3.05, 3.63) is 114 Å². The summed E-state index contributed by atoms with van der Waals surface area (Å²) in [4.78, 5) is 15.1. The second kappa shape index (κ2) is 12.4. The van der Waals surface area contributed by atoms with Gasteiger partial charge in [0, 0.05) is 0 Å². The van der Waals surface area contributed by atoms with Crippen LogP contribution in [0.4, 0.5) is 11.4 Å². The minimum Gasteiger partial charge on any atom is -0.251 e. The maximum Gasteiger partial charge on any atom is 0.0849 e. The molecule has 0 aliphatic heterocycles. The van der Waals surface area contributed by atoms with Gasteiger partial charge in [-0.25, -0.2) is 4.98 Å². The molecule has 36 heavy (non-hydrogen) atoms. The van der Waals surface area contributed by atoms with Crippen LogP contribution in [0.5, 0.6) is 0 Å². The molecule has 2 aromatic carbocycles. The van der Waals surface area contributed by atoms with Gasteiger partial charge in [0.15, 0.2) is 0 Å². The van der Waals surface area contributed by atoms with Crippen LogP contribution >= 0.6 is 0 Å². The number of rotatable bonds is 10. The highest BCUT2D eigenvalue weighted by atomic mass is 14.8. The van der Waals surface area contributed by atoms with Gasteiger partial charge < -0.3 is 0 Å². The van der Waals surface area contributed by atoms with Crippen LogP contribution < -0.4 is 0 Å². The van der Waals surface area contributed by atoms with Crippen molar-refractivity contribution in [3.63, 3.8) is 0 Å². The van der Waals surface area contributed by atoms with Crippen molar-refractivity contribution in [2.24, 2.45) is 9.98 Å². The molecule has 186 valence electrons. The Hall–Kier alpha value is -3.59. The summed E-state index contributed by atoms with van der Waals surface area (Å²) in [5, 5.41) is 0. The highest BCUT2D eigenvalue weighted by molar-refractivity contribution is 6.02. The van der Waals surface area contributed by atoms with Crippen LogP contribution in [0.25, 0.3) is 0 Å². The van der Waals surface area contributed by atoms with E-state index < -0.39 is 0 Å². The molecular formula is C33H39N3. The molecule has 3 rings (SSSR count). The van der Waals surface area contributed by atoms with Gasteiger partial charge in [0.2, 0.25) is 0 Å². The number of hydrogen-bond donors (Lipinski definition) is 0. The fraction of sp³-hybridized carbons (Fsp3) is 0.303. The molecule has 0 aliphatic rings. The highest BCUT2D eigenvalue weighted by Crippen LogP contribution is 2.33. The largest absolute Gasteiger partial charge is 0.251 e. The van der Waals surface area contributed by atoms with Crippen molar-refractivity contribution in [1.29, 1.82) is 0 Å². The van der Waals surface area contributed by atoms with Crippen molar-refractivity contribution in [1.82, 2.24) is 4.98 Å². The first-order chi connectivity index (χ1) is 17.3. The monoisotopic (exact) mass is 477 g/mol. The summed E-state index contributed by atoms with van der Waals surface area (Å²) in [6.45, 7) is 20.7. The van der Waals surface area contributed by atoms with E-state index in [1.165, 1.54) is 22.3 Å². The second-order valence-electron chi connectivity index (χ2n) is 9.81. The van der Waals surface area contributed by atoms with Crippen LogP contribution in [0, 0.1) is 0 Å². The van der Waals surface area contributed by atoms with Crippen LogP contribution in [-0.4, -0.2) is 16.4 Å². The zero-order valence-corrected chi connectivity index (χ0v) is 22.7. The highest BCUT2D eigenvalue weighted by Gasteiger charge is 2.14. The SMILES string of the molecule is C=CCc1cccc(C(C)C)c1/N=C(\C)c1cccc(/C(C)=N/c2c(CC=C)cccc2C(C)C)n1. The molecule has 0 saturated heterocycles. The van der Waals surface area contributed by atoms with Crippen LogP contribution in [-0.2, 0) is 12.8 Å². The Bertz CT molecular complexity index is 1200. The van der Waals surface area contributed by atoms with Crippen molar-refractivity contribution >= 4 is 22.8 Å². The molecule has 0 fully saturated rings. The molecule has 0 N–H and O–H groups in total. The lowest BCUT2D eigenvalue weighted by Crippen LogP contribution is -2.06. The molecule has 1 aromatic heterocycles. The average molecular weight is 478 g/mol. The third kappa shape index (κ3) is 6.34. The smallest absolute Gasteiger partial charge is 0.0849 e. The van der Waals surface area contributed by atoms with Crippen LogP contribution in [0.15, 0.2) is 89.9 Å². The normalized spacial score (nSPS) is 12.3. The molecule has 3 heteroatoms. The first-order valence-electron chi connectivity index (χ1n) is 12.8. The third-order valence-electron chi connectivity index (χ3n) is 6.32. The van der Waals surface area contributed by atoms with E-state index in [2.05, 4.69) is 77.3 Å². The van der Waals surface area contributed by atoms with E-state index in [0.717, 1.165) is 47.0 Å². The van der Waals surface area contributed by atoms with Crippen LogP contribution in [0.1, 0.15) is 87.0 Å². The van der Waals surface area contributed by atoms with Gasteiger partial charge in [0.25, 0.3) is 0 Å². The van der Waals surface area contributed by atoms with Crippen LogP contribution in [0.3, 0.4) is 0 Å². The molecule has 1 heterocycles. The summed E-state index contributed by atoms with van der Waals surface area (Å²) in [6, 6.07) is 18.9. The molecule has 0 unspecified atom stereocenters. The predicted octanol–water partition coefficient (Wildman–Crippen LogP) is 9.07. The fourth-order valence-electron chi connectivity index (χ4n) is 4.35. The van der Waals surface area contributed by atoms with E-state index in [4.69, 9.17) is 15.0 Å². The first kappa shape index (κ1) is 27.0. The Morgan fingerprint density at radius 3 is 1.44 bits per heavy atom. The van der Waals surface area contributed by atoms with Gasteiger partial charge in [0.1, 0.15) is 0 Å². The molecule has 3 nitrogen and oxygen atoms in total. The van der Waals surface area contributed by atoms with Gasteiger partial charge in [-0.05, 0) is 72.9 Å². The standard InChI is InChI=1S/C33H39N3/c1-9-14-26-16-11-18-28(22(3)4)32(26)34-24(7)30-20-13-21-31(36-30)25(8)35-33-27(15-10-2)17-12-19-29(33)23(5)6/h9-13,16-23H,1-2,14-15H2,3-8H3/b34-24+,35-25+. The van der Waals surface area contributed by atoms with E-state index in [-0.39, 0.29) is 0 Å². The maximum atomic E-state index is 5.08. The molecular weight excluding hydrogens is 438 g/mol. The molecule has 0 aliphatic carbocycles. The molecule has 0 radical (unpaired) electrons. The number of benzene rings is 2. The van der Waals surface area contributed by atoms with E-state index >= 15 is 0 Å². The summed E-state index contributed by atoms with van der Waals surface area (Å²) in [5.41, 5.74) is 10.4. The molecule has 0 spiro atoms. The zero-order valence-electron chi connectivity index (χ0n) is 22.7. The second-order valence-corrected chi connectivity index (χ2v) is 9.81. The average Bonchev–Trinajstić information content (AvgIpc) is 2.86. The molecule has 0 atom stereocenters. The molecule has 0 saturated carbocycles. The van der Waals surface area contributed by atoms with Gasteiger partial charge in [-0.1, -0.05) is 82.3 Å². The van der Waals surface area contributed by atoms with Gasteiger partial charge in [-0.15, -0.1) is 13.2 Å². The van der Waals surface area contributed by atoms with Gasteiger partial charge in [-0.3, -0.25) is 9.98 Å². The lowest BCUT2D eigenvalue weighted by molar-refractivity contribution is 0.864. The van der Waals surface area contributed by atoms with Gasteiger partial charge in [0.05, 0.1) is 34.2 Å². The topological polar surface area (TPSA) is 37.6 Å². The van der Waals surface area contributed by atoms with Gasteiger partial charge in [-0.2, -0.15) is 0 Å². The minimum atomic E-state index is 0.376. The van der Waals surface area contributed by atoms with E-state index in [9.17, 15) is 0 Å². The number of nitrogens with zero attached hydrogens (tertiary/aromatic N) is 3. The Labute approximate surface area is 217 Å². The van der Waals surface area contributed by atoms with Crippen molar-refractivity contribution in [2.45, 2.75) is 66.2 Å². The molecule has 3 aromatic rings. The number of aromatic nitrogens is 1. The summed E-state index contributed by atoms with van der Waals surface area (Å²) in [5.74, 6) is 0.751. The Kier molecular flexibility index (Phi) is 9.30. The summed E-state index contributed by atoms with van der Waals surface area (Å²) in [6.07, 6.45) is 5.44. The lowest BCUT2D eigenvalue weighted by Gasteiger charge is -2.15. The zero-order chi connectivity index (χ0) is 26.2. The van der Waals surface area contributed by atoms with Crippen molar-refractivity contribution in [3.8, 4) is 0 Å². The predicted molar refractivity (Wildman–Crippen MR) is 157 cm³/mol. The lowest BCUT2D eigenvalue weighted by atomic mass is 9.96. The number of allylic oxidation sites excluding steroid dienone is 2. The fourth-order valence-corrected chi connectivity index (χ4v) is 4.35. The number of pyridine rings is 1. The maximum absolute atomic E-state index is 5.08. The summed E-state index contributed by atoms with van der Waals surface area (Å²) in [7, 11) is 0.